The highest BCUT2D eigenvalue weighted by Gasteiger charge is 2.73. The average Bonchev–Trinajstić information content (AvgIpc) is 2.94. The van der Waals surface area contributed by atoms with Crippen LogP contribution < -0.4 is 8.92 Å². The number of hydrogen-bond acceptors (Lipinski definition) is 8. The van der Waals surface area contributed by atoms with Gasteiger partial charge in [-0.3, -0.25) is 0 Å². The molecule has 1 unspecified atom stereocenters. The molecule has 12 heteroatoms. The smallest absolute Gasteiger partial charge is 0.339 e. The van der Waals surface area contributed by atoms with Crippen molar-refractivity contribution in [1.29, 1.82) is 0 Å². The van der Waals surface area contributed by atoms with Crippen LogP contribution in [0.3, 0.4) is 0 Å². The van der Waals surface area contributed by atoms with Crippen LogP contribution in [0, 0.1) is 6.92 Å². The van der Waals surface area contributed by atoms with E-state index in [1.165, 1.54) is 33.5 Å². The van der Waals surface area contributed by atoms with Crippen LogP contribution in [0.4, 0.5) is 0 Å². The normalized spacial score (nSPS) is 18.1. The SMILES string of the molecule is COC1(OC)c2c(Br)c(OCc3ccccc3)c(Br)c(OS(=O)(=O)c3ccc(C)cc3)c2C1(OC)O[Si](C)(C)C(C)(C)C. The predicted octanol–water partition coefficient (Wildman–Crippen LogP) is 8.15. The summed E-state index contributed by atoms with van der Waals surface area (Å²) < 4.78 is 65.8. The first-order chi connectivity index (χ1) is 20.0. The molecule has 1 aliphatic carbocycles. The third-order valence-corrected chi connectivity index (χ3v) is 15.3. The molecular weight excluding hydrogens is 720 g/mol. The van der Waals surface area contributed by atoms with Crippen molar-refractivity contribution in [2.24, 2.45) is 0 Å². The molecule has 43 heavy (non-hydrogen) atoms. The Morgan fingerprint density at radius 1 is 0.791 bits per heavy atom. The van der Waals surface area contributed by atoms with E-state index in [0.29, 0.717) is 21.3 Å². The fourth-order valence-electron chi connectivity index (χ4n) is 4.80. The molecule has 0 bridgehead atoms. The maximum atomic E-state index is 13.7. The molecule has 0 aliphatic heterocycles. The lowest BCUT2D eigenvalue weighted by Crippen LogP contribution is -2.67. The number of methoxy groups -OCH3 is 3. The van der Waals surface area contributed by atoms with Crippen molar-refractivity contribution >= 4 is 50.3 Å². The highest BCUT2D eigenvalue weighted by Crippen LogP contribution is 2.68. The van der Waals surface area contributed by atoms with Crippen LogP contribution in [0.25, 0.3) is 0 Å². The number of benzene rings is 3. The average molecular weight is 759 g/mol. The first kappa shape index (κ1) is 34.1. The molecule has 0 saturated heterocycles. The van der Waals surface area contributed by atoms with Gasteiger partial charge in [-0.15, -0.1) is 0 Å². The van der Waals surface area contributed by atoms with Gasteiger partial charge in [-0.2, -0.15) is 8.42 Å². The molecule has 8 nitrogen and oxygen atoms in total. The van der Waals surface area contributed by atoms with Crippen molar-refractivity contribution in [1.82, 2.24) is 0 Å². The van der Waals surface area contributed by atoms with Crippen LogP contribution in [0.5, 0.6) is 11.5 Å². The van der Waals surface area contributed by atoms with Crippen molar-refractivity contribution in [3.05, 3.63) is 85.8 Å². The molecule has 1 atom stereocenters. The van der Waals surface area contributed by atoms with E-state index in [1.807, 2.05) is 37.3 Å². The number of ether oxygens (including phenoxy) is 4. The standard InChI is InChI=1S/C31H38Br2O8SSi/c1-20-15-17-22(18-16-20)42(34,35)40-27-24-23(25(32)28(26(27)33)39-19-21-13-11-10-12-14-21)30(36-5,37-6)31(24,38-7)41-43(8,9)29(2,3)4/h10-18H,19H2,1-9H3. The Morgan fingerprint density at radius 3 is 1.86 bits per heavy atom. The Kier molecular flexibility index (Phi) is 9.68. The highest BCUT2D eigenvalue weighted by atomic mass is 79.9. The van der Waals surface area contributed by atoms with Crippen LogP contribution in [0.1, 0.15) is 43.0 Å². The maximum absolute atomic E-state index is 13.7. The van der Waals surface area contributed by atoms with E-state index in [2.05, 4.69) is 65.7 Å². The summed E-state index contributed by atoms with van der Waals surface area (Å²) in [6.45, 7) is 12.5. The highest BCUT2D eigenvalue weighted by molar-refractivity contribution is 9.11. The summed E-state index contributed by atoms with van der Waals surface area (Å²) in [5, 5.41) is -0.246. The van der Waals surface area contributed by atoms with Gasteiger partial charge >= 0.3 is 10.1 Å². The molecule has 0 spiro atoms. The molecule has 4 rings (SSSR count). The van der Waals surface area contributed by atoms with Crippen LogP contribution >= 0.6 is 31.9 Å². The van der Waals surface area contributed by atoms with Crippen LogP contribution in [-0.4, -0.2) is 38.1 Å². The van der Waals surface area contributed by atoms with E-state index >= 15 is 0 Å². The lowest BCUT2D eigenvalue weighted by molar-refractivity contribution is -0.415. The van der Waals surface area contributed by atoms with Crippen LogP contribution in [0.15, 0.2) is 68.4 Å². The molecule has 0 heterocycles. The van der Waals surface area contributed by atoms with Crippen molar-refractivity contribution < 1.29 is 36.0 Å². The third-order valence-electron chi connectivity index (χ3n) is 8.18. The molecule has 0 fully saturated rings. The molecule has 0 amide bonds. The Balaban J connectivity index is 2.01. The maximum Gasteiger partial charge on any atom is 0.339 e. The van der Waals surface area contributed by atoms with Gasteiger partial charge in [0.15, 0.2) is 19.8 Å². The Labute approximate surface area is 272 Å². The minimum absolute atomic E-state index is 0.00850. The molecule has 1 aliphatic rings. The van der Waals surface area contributed by atoms with Gasteiger partial charge < -0.3 is 27.6 Å². The fourth-order valence-corrected chi connectivity index (χ4v) is 8.83. The number of hydrogen-bond donors (Lipinski definition) is 0. The van der Waals surface area contributed by atoms with Gasteiger partial charge in [0.25, 0.3) is 11.6 Å². The lowest BCUT2D eigenvalue weighted by Gasteiger charge is -2.59. The van der Waals surface area contributed by atoms with Gasteiger partial charge in [0.2, 0.25) is 0 Å². The Morgan fingerprint density at radius 2 is 1.35 bits per heavy atom. The number of rotatable bonds is 11. The van der Waals surface area contributed by atoms with E-state index in [-0.39, 0.29) is 26.8 Å². The van der Waals surface area contributed by atoms with Gasteiger partial charge in [-0.05, 0) is 74.6 Å². The second kappa shape index (κ2) is 12.2. The Bertz CT molecular complexity index is 1580. The van der Waals surface area contributed by atoms with Gasteiger partial charge in [0.1, 0.15) is 16.0 Å². The first-order valence-corrected chi connectivity index (χ1v) is 19.5. The molecule has 234 valence electrons. The van der Waals surface area contributed by atoms with E-state index in [1.54, 1.807) is 12.1 Å². The molecule has 3 aromatic rings. The van der Waals surface area contributed by atoms with Crippen molar-refractivity contribution in [3.8, 4) is 11.5 Å². The van der Waals surface area contributed by atoms with E-state index in [4.69, 9.17) is 27.6 Å². The minimum atomic E-state index is -4.32. The number of fused-ring (bicyclic) bond motifs is 1. The monoisotopic (exact) mass is 756 g/mol. The Hall–Kier alpha value is -1.77. The molecule has 0 aromatic heterocycles. The van der Waals surface area contributed by atoms with Crippen molar-refractivity contribution in [2.75, 3.05) is 21.3 Å². The van der Waals surface area contributed by atoms with Gasteiger partial charge in [0, 0.05) is 26.9 Å². The summed E-state index contributed by atoms with van der Waals surface area (Å²) in [6.07, 6.45) is 0. The summed E-state index contributed by atoms with van der Waals surface area (Å²) in [5.74, 6) is -3.06. The van der Waals surface area contributed by atoms with Crippen LogP contribution in [-0.2, 0) is 46.9 Å². The van der Waals surface area contributed by atoms with E-state index < -0.39 is 30.0 Å². The predicted molar refractivity (Wildman–Crippen MR) is 174 cm³/mol. The largest absolute Gasteiger partial charge is 0.486 e. The third kappa shape index (κ3) is 5.74. The first-order valence-electron chi connectivity index (χ1n) is 13.6. The summed E-state index contributed by atoms with van der Waals surface area (Å²) in [7, 11) is -2.51. The quantitative estimate of drug-likeness (QED) is 0.110. The molecular formula is C31H38Br2O8SSi. The minimum Gasteiger partial charge on any atom is -0.486 e. The topological polar surface area (TPSA) is 89.5 Å². The number of aryl methyl sites for hydroxylation is 1. The van der Waals surface area contributed by atoms with Crippen molar-refractivity contribution in [2.45, 2.75) is 68.9 Å². The van der Waals surface area contributed by atoms with E-state index in [9.17, 15) is 8.42 Å². The molecule has 0 radical (unpaired) electrons. The zero-order valence-corrected chi connectivity index (χ0v) is 30.8. The summed E-state index contributed by atoms with van der Waals surface area (Å²) in [4.78, 5) is -0.00850. The van der Waals surface area contributed by atoms with Gasteiger partial charge in [-0.1, -0.05) is 68.8 Å². The summed E-state index contributed by atoms with van der Waals surface area (Å²) in [5.41, 5.74) is 2.56. The van der Waals surface area contributed by atoms with Crippen LogP contribution in [0.2, 0.25) is 18.1 Å². The summed E-state index contributed by atoms with van der Waals surface area (Å²) in [6, 6.07) is 16.0. The number of halogens is 2. The fraction of sp³-hybridized carbons (Fsp3) is 0.419. The zero-order valence-electron chi connectivity index (χ0n) is 25.8. The molecule has 0 saturated carbocycles. The summed E-state index contributed by atoms with van der Waals surface area (Å²) >= 11 is 7.33. The molecule has 0 N–H and O–H groups in total. The van der Waals surface area contributed by atoms with Gasteiger partial charge in [-0.25, -0.2) is 0 Å². The van der Waals surface area contributed by atoms with Crippen molar-refractivity contribution in [3.63, 3.8) is 0 Å². The van der Waals surface area contributed by atoms with E-state index in [0.717, 1.165) is 11.1 Å². The zero-order chi connectivity index (χ0) is 32.0. The second-order valence-electron chi connectivity index (χ2n) is 11.9. The second-order valence-corrected chi connectivity index (χ2v) is 19.7. The lowest BCUT2D eigenvalue weighted by atomic mass is 9.74. The molecule has 3 aromatic carbocycles. The van der Waals surface area contributed by atoms with Gasteiger partial charge in [0.05, 0.1) is 10.0 Å².